The number of aryl methyl sites for hydroxylation is 2. The third-order valence-electron chi connectivity index (χ3n) is 6.69. The largest absolute Gasteiger partial charge is 0.291 e. The van der Waals surface area contributed by atoms with Crippen LogP contribution in [0.15, 0.2) is 24.7 Å². The number of hydrogen-bond donors (Lipinski definition) is 0. The minimum Gasteiger partial charge on any atom is -0.260 e. The van der Waals surface area contributed by atoms with Gasteiger partial charge < -0.3 is 0 Å². The van der Waals surface area contributed by atoms with Gasteiger partial charge >= 0.3 is 0 Å². The summed E-state index contributed by atoms with van der Waals surface area (Å²) in [6, 6.07) is 2.23. The van der Waals surface area contributed by atoms with Crippen LogP contribution in [-0.4, -0.2) is 9.55 Å². The van der Waals surface area contributed by atoms with E-state index in [4.69, 9.17) is 4.98 Å². The summed E-state index contributed by atoms with van der Waals surface area (Å²) in [6.45, 7) is 10.5. The van der Waals surface area contributed by atoms with Gasteiger partial charge in [0, 0.05) is 12.6 Å². The molecule has 0 aliphatic carbocycles. The molecule has 2 aliphatic rings. The third kappa shape index (κ3) is 1.34. The summed E-state index contributed by atoms with van der Waals surface area (Å²) < 4.78 is 4.99. The predicted molar refractivity (Wildman–Crippen MR) is 87.8 cm³/mol. The summed E-state index contributed by atoms with van der Waals surface area (Å²) in [5.74, 6) is 1.38. The van der Waals surface area contributed by atoms with Crippen LogP contribution in [0, 0.1) is 0 Å². The molecule has 3 heteroatoms. The summed E-state index contributed by atoms with van der Waals surface area (Å²) in [5.41, 5.74) is 4.46. The van der Waals surface area contributed by atoms with Gasteiger partial charge in [-0.3, -0.25) is 4.98 Å². The lowest BCUT2D eigenvalue weighted by Gasteiger charge is -2.49. The van der Waals surface area contributed by atoms with Crippen molar-refractivity contribution in [2.75, 3.05) is 0 Å². The van der Waals surface area contributed by atoms with E-state index in [1.54, 1.807) is 0 Å². The van der Waals surface area contributed by atoms with Crippen LogP contribution >= 0.6 is 0 Å². The van der Waals surface area contributed by atoms with E-state index < -0.39 is 0 Å². The van der Waals surface area contributed by atoms with Gasteiger partial charge in [0.1, 0.15) is 17.9 Å². The van der Waals surface area contributed by atoms with Crippen molar-refractivity contribution in [3.8, 4) is 11.4 Å². The summed E-state index contributed by atoms with van der Waals surface area (Å²) in [7, 11) is 0. The molecule has 0 radical (unpaired) electrons. The number of pyridine rings is 1. The van der Waals surface area contributed by atoms with E-state index in [-0.39, 0.29) is 11.0 Å². The summed E-state index contributed by atoms with van der Waals surface area (Å²) in [4.78, 5) is 4.95. The van der Waals surface area contributed by atoms with Crippen molar-refractivity contribution in [1.82, 2.24) is 9.55 Å². The molecule has 0 spiro atoms. The van der Waals surface area contributed by atoms with Gasteiger partial charge in [-0.1, -0.05) is 20.8 Å². The van der Waals surface area contributed by atoms with Gasteiger partial charge in [-0.25, -0.2) is 9.13 Å². The minimum atomic E-state index is 0.0903. The number of aromatic nitrogens is 3. The first kappa shape index (κ1) is 14.0. The van der Waals surface area contributed by atoms with E-state index in [9.17, 15) is 0 Å². The van der Waals surface area contributed by atoms with Gasteiger partial charge in [-0.15, -0.1) is 0 Å². The minimum absolute atomic E-state index is 0.0903. The number of hydrogen-bond acceptors (Lipinski definition) is 1. The first-order valence-corrected chi connectivity index (χ1v) is 8.73. The molecular weight excluding hydrogens is 270 g/mol. The Hall–Kier alpha value is -1.64. The molecule has 116 valence electrons. The van der Waals surface area contributed by atoms with Crippen molar-refractivity contribution in [1.29, 1.82) is 0 Å². The molecule has 0 bridgehead atoms. The number of rotatable bonds is 3. The lowest BCUT2D eigenvalue weighted by Crippen LogP contribution is -2.56. The van der Waals surface area contributed by atoms with Crippen molar-refractivity contribution in [3.05, 3.63) is 35.9 Å². The molecule has 0 aromatic carbocycles. The van der Waals surface area contributed by atoms with Crippen LogP contribution in [0.3, 0.4) is 0 Å². The number of imidazole rings is 1. The molecule has 0 saturated heterocycles. The average molecular weight is 296 g/mol. The fraction of sp³-hybridized carbons (Fsp3) is 0.579. The zero-order chi connectivity index (χ0) is 15.5. The summed E-state index contributed by atoms with van der Waals surface area (Å²) in [6.07, 6.45) is 11.1. The van der Waals surface area contributed by atoms with E-state index in [0.29, 0.717) is 0 Å². The van der Waals surface area contributed by atoms with Crippen molar-refractivity contribution >= 4 is 0 Å². The van der Waals surface area contributed by atoms with Crippen molar-refractivity contribution in [2.45, 2.75) is 70.9 Å². The van der Waals surface area contributed by atoms with E-state index in [1.165, 1.54) is 22.6 Å². The Morgan fingerprint density at radius 3 is 2.68 bits per heavy atom. The maximum Gasteiger partial charge on any atom is 0.291 e. The average Bonchev–Trinajstić information content (AvgIpc) is 3.00. The Balaban J connectivity index is 2.16. The van der Waals surface area contributed by atoms with Gasteiger partial charge in [0.25, 0.3) is 5.82 Å². The molecule has 4 heterocycles. The highest BCUT2D eigenvalue weighted by molar-refractivity contribution is 5.67. The van der Waals surface area contributed by atoms with E-state index in [2.05, 4.69) is 55.3 Å². The van der Waals surface area contributed by atoms with Gasteiger partial charge in [0.2, 0.25) is 0 Å². The molecule has 4 rings (SSSR count). The molecule has 0 amide bonds. The molecule has 2 aromatic heterocycles. The fourth-order valence-corrected chi connectivity index (χ4v) is 5.17. The van der Waals surface area contributed by atoms with E-state index in [1.807, 2.05) is 6.20 Å². The predicted octanol–water partition coefficient (Wildman–Crippen LogP) is 3.59. The lowest BCUT2D eigenvalue weighted by atomic mass is 9.60. The highest BCUT2D eigenvalue weighted by Gasteiger charge is 2.58. The molecule has 0 saturated carbocycles. The monoisotopic (exact) mass is 296 g/mol. The molecule has 3 nitrogen and oxygen atoms in total. The van der Waals surface area contributed by atoms with Crippen molar-refractivity contribution < 1.29 is 4.57 Å². The molecular formula is C19H26N3+. The Morgan fingerprint density at radius 2 is 2.00 bits per heavy atom. The van der Waals surface area contributed by atoms with Gasteiger partial charge in [0.05, 0.1) is 23.2 Å². The third-order valence-corrected chi connectivity index (χ3v) is 6.69. The quantitative estimate of drug-likeness (QED) is 0.793. The highest BCUT2D eigenvalue weighted by atomic mass is 15.2. The highest BCUT2D eigenvalue weighted by Crippen LogP contribution is 2.55. The normalized spacial score (nSPS) is 24.2. The first-order valence-electron chi connectivity index (χ1n) is 8.73. The maximum absolute atomic E-state index is 4.95. The Bertz CT molecular complexity index is 739. The first-order chi connectivity index (χ1) is 10.6. The topological polar surface area (TPSA) is 21.7 Å². The molecule has 0 fully saturated rings. The SMILES string of the molecule is CCC1(CC)c2nccc3c2-c2n(cc[n+]2CC3)C1(C)CC. The van der Waals surface area contributed by atoms with Crippen LogP contribution < -0.4 is 4.57 Å². The van der Waals surface area contributed by atoms with Gasteiger partial charge in [-0.05, 0) is 37.8 Å². The second kappa shape index (κ2) is 4.43. The molecule has 0 N–H and O–H groups in total. The van der Waals surface area contributed by atoms with Crippen LogP contribution in [0.1, 0.15) is 58.2 Å². The fourth-order valence-electron chi connectivity index (χ4n) is 5.17. The zero-order valence-corrected chi connectivity index (χ0v) is 14.2. The standard InChI is InChI=1S/C19H26N3/c1-5-18(4)19(6-2,7-3)16-15-14(8-10-20-16)9-11-21-12-13-22(18)17(15)21/h8,10,12-13H,5-7,9,11H2,1-4H3/q+1. The van der Waals surface area contributed by atoms with Crippen molar-refractivity contribution in [2.24, 2.45) is 0 Å². The van der Waals surface area contributed by atoms with Gasteiger partial charge in [0.15, 0.2) is 0 Å². The van der Waals surface area contributed by atoms with Crippen LogP contribution in [0.25, 0.3) is 11.4 Å². The molecule has 22 heavy (non-hydrogen) atoms. The lowest BCUT2D eigenvalue weighted by molar-refractivity contribution is -0.687. The molecule has 2 aromatic rings. The Labute approximate surface area is 133 Å². The second-order valence-electron chi connectivity index (χ2n) is 7.05. The van der Waals surface area contributed by atoms with Crippen LogP contribution in [0.4, 0.5) is 0 Å². The van der Waals surface area contributed by atoms with E-state index >= 15 is 0 Å². The molecule has 2 aliphatic heterocycles. The van der Waals surface area contributed by atoms with Crippen LogP contribution in [0.5, 0.6) is 0 Å². The van der Waals surface area contributed by atoms with Gasteiger partial charge in [-0.2, -0.15) is 0 Å². The smallest absolute Gasteiger partial charge is 0.260 e. The summed E-state index contributed by atoms with van der Waals surface area (Å²) >= 11 is 0. The van der Waals surface area contributed by atoms with Crippen molar-refractivity contribution in [3.63, 3.8) is 0 Å². The maximum atomic E-state index is 4.95. The Kier molecular flexibility index (Phi) is 2.82. The second-order valence-corrected chi connectivity index (χ2v) is 7.05. The summed E-state index contributed by atoms with van der Waals surface area (Å²) in [5, 5.41) is 0. The molecule has 1 atom stereocenters. The zero-order valence-electron chi connectivity index (χ0n) is 14.2. The molecule has 1 unspecified atom stereocenters. The van der Waals surface area contributed by atoms with Crippen LogP contribution in [0.2, 0.25) is 0 Å². The van der Waals surface area contributed by atoms with Crippen LogP contribution in [-0.2, 0) is 23.9 Å². The number of nitrogens with zero attached hydrogens (tertiary/aromatic N) is 3. The Morgan fingerprint density at radius 1 is 1.23 bits per heavy atom. The van der Waals surface area contributed by atoms with E-state index in [0.717, 1.165) is 32.2 Å².